The zero-order valence-electron chi connectivity index (χ0n) is 16.9. The van der Waals surface area contributed by atoms with Crippen molar-refractivity contribution in [3.63, 3.8) is 0 Å². The second kappa shape index (κ2) is 17.6. The Bertz CT molecular complexity index is 266. The summed E-state index contributed by atoms with van der Waals surface area (Å²) in [6.45, 7) is 4.05. The lowest BCUT2D eigenvalue weighted by Gasteiger charge is -2.23. The van der Waals surface area contributed by atoms with E-state index in [1.165, 1.54) is 38.5 Å². The van der Waals surface area contributed by atoms with E-state index in [4.69, 9.17) is 0 Å². The molecule has 1 atom stereocenters. The number of halogens is 3. The molecule has 0 aliphatic carbocycles. The largest absolute Gasteiger partial charge is 0.314 e. The highest BCUT2D eigenvalue weighted by Crippen LogP contribution is 2.30. The maximum absolute atomic E-state index is 15.4. The lowest BCUT2D eigenvalue weighted by molar-refractivity contribution is 0.323. The smallest absolute Gasteiger partial charge is 0.246 e. The van der Waals surface area contributed by atoms with E-state index >= 15 is 4.11 Å². The third kappa shape index (κ3) is 16.1. The van der Waals surface area contributed by atoms with Crippen molar-refractivity contribution in [2.45, 2.75) is 121 Å². The SMILES string of the molecule is CCCCCC[Si](F)(CCCCCC)CC[SiH2]CC(F)CCCCF. The van der Waals surface area contributed by atoms with Gasteiger partial charge < -0.3 is 4.11 Å². The summed E-state index contributed by atoms with van der Waals surface area (Å²) in [5, 5.41) is 0. The van der Waals surface area contributed by atoms with Gasteiger partial charge in [-0.3, -0.25) is 4.39 Å². The summed E-state index contributed by atoms with van der Waals surface area (Å²) < 4.78 is 41.2. The molecule has 0 aromatic heterocycles. The third-order valence-corrected chi connectivity index (χ3v) is 11.6. The number of unbranched alkanes of at least 4 members (excludes halogenated alkanes) is 7. The van der Waals surface area contributed by atoms with Gasteiger partial charge in [0, 0.05) is 9.52 Å². The standard InChI is InChI=1S/C20H43F3Si2/c1-3-5-7-11-16-25(23,17-12-8-6-4-2)18-15-24-19-20(22)13-9-10-14-21/h20H,3-19,24H2,1-2H3. The Morgan fingerprint density at radius 2 is 1.40 bits per heavy atom. The first-order valence-electron chi connectivity index (χ1n) is 11.0. The van der Waals surface area contributed by atoms with Crippen molar-refractivity contribution < 1.29 is 12.9 Å². The summed E-state index contributed by atoms with van der Waals surface area (Å²) in [5.74, 6) is 0. The molecule has 0 nitrogen and oxygen atoms in total. The first-order chi connectivity index (χ1) is 12.1. The molecule has 0 saturated heterocycles. The zero-order chi connectivity index (χ0) is 18.8. The van der Waals surface area contributed by atoms with Gasteiger partial charge >= 0.3 is 0 Å². The van der Waals surface area contributed by atoms with Gasteiger partial charge in [0.25, 0.3) is 0 Å². The van der Waals surface area contributed by atoms with Gasteiger partial charge in [-0.05, 0) is 43.4 Å². The van der Waals surface area contributed by atoms with Crippen LogP contribution in [0.4, 0.5) is 12.9 Å². The van der Waals surface area contributed by atoms with E-state index in [1.807, 2.05) is 0 Å². The van der Waals surface area contributed by atoms with Gasteiger partial charge in [-0.25, -0.2) is 4.39 Å². The van der Waals surface area contributed by atoms with E-state index in [2.05, 4.69) is 13.8 Å². The third-order valence-electron chi connectivity index (χ3n) is 5.25. The van der Waals surface area contributed by atoms with Crippen molar-refractivity contribution >= 4 is 17.9 Å². The molecule has 0 aliphatic heterocycles. The molecule has 0 fully saturated rings. The van der Waals surface area contributed by atoms with E-state index in [9.17, 15) is 8.78 Å². The molecule has 152 valence electrons. The van der Waals surface area contributed by atoms with Crippen LogP contribution in [0.2, 0.25) is 30.2 Å². The molecule has 0 aliphatic rings. The monoisotopic (exact) mass is 396 g/mol. The lowest BCUT2D eigenvalue weighted by Crippen LogP contribution is -2.28. The lowest BCUT2D eigenvalue weighted by atomic mass is 10.2. The molecule has 0 aromatic rings. The van der Waals surface area contributed by atoms with Crippen molar-refractivity contribution in [1.29, 1.82) is 0 Å². The molecule has 0 amide bonds. The Labute approximate surface area is 158 Å². The zero-order valence-corrected chi connectivity index (χ0v) is 19.4. The van der Waals surface area contributed by atoms with Crippen LogP contribution >= 0.6 is 0 Å². The van der Waals surface area contributed by atoms with Gasteiger partial charge in [0.2, 0.25) is 8.41 Å². The van der Waals surface area contributed by atoms with Crippen molar-refractivity contribution in [3.05, 3.63) is 0 Å². The molecule has 0 spiro atoms. The van der Waals surface area contributed by atoms with E-state index < -0.39 is 24.1 Å². The second-order valence-corrected chi connectivity index (χ2v) is 13.6. The normalized spacial score (nSPS) is 13.8. The van der Waals surface area contributed by atoms with Gasteiger partial charge in [-0.1, -0.05) is 71.3 Å². The summed E-state index contributed by atoms with van der Waals surface area (Å²) in [6.07, 6.45) is 10.2. The van der Waals surface area contributed by atoms with Gasteiger partial charge in [-0.15, -0.1) is 0 Å². The topological polar surface area (TPSA) is 0 Å². The molecule has 0 heterocycles. The molecule has 0 bridgehead atoms. The van der Waals surface area contributed by atoms with Crippen LogP contribution in [0.3, 0.4) is 0 Å². The predicted octanol–water partition coefficient (Wildman–Crippen LogP) is 7.55. The quantitative estimate of drug-likeness (QED) is 0.120. The van der Waals surface area contributed by atoms with Crippen LogP contribution in [0.25, 0.3) is 0 Å². The Balaban J connectivity index is 4.05. The Morgan fingerprint density at radius 3 is 1.92 bits per heavy atom. The molecular weight excluding hydrogens is 353 g/mol. The molecule has 0 saturated carbocycles. The summed E-state index contributed by atoms with van der Waals surface area (Å²) >= 11 is 0. The molecule has 0 aromatic carbocycles. The van der Waals surface area contributed by atoms with Gasteiger partial charge in [0.05, 0.1) is 12.8 Å². The Hall–Kier alpha value is 0.224. The fourth-order valence-electron chi connectivity index (χ4n) is 3.52. The summed E-state index contributed by atoms with van der Waals surface area (Å²) in [4.78, 5) is 0. The average molecular weight is 397 g/mol. The maximum Gasteiger partial charge on any atom is 0.246 e. The van der Waals surface area contributed by atoms with Crippen LogP contribution in [0, 0.1) is 0 Å². The highest BCUT2D eigenvalue weighted by Gasteiger charge is 2.32. The number of alkyl halides is 2. The molecule has 0 radical (unpaired) electrons. The Morgan fingerprint density at radius 1 is 0.800 bits per heavy atom. The van der Waals surface area contributed by atoms with Gasteiger partial charge in [0.1, 0.15) is 0 Å². The van der Waals surface area contributed by atoms with Crippen LogP contribution in [-0.4, -0.2) is 30.8 Å². The number of hydrogen-bond donors (Lipinski definition) is 0. The highest BCUT2D eigenvalue weighted by atomic mass is 28.4. The molecule has 0 N–H and O–H groups in total. The maximum atomic E-state index is 15.4. The van der Waals surface area contributed by atoms with E-state index in [1.54, 1.807) is 0 Å². The van der Waals surface area contributed by atoms with Crippen LogP contribution < -0.4 is 0 Å². The minimum atomic E-state index is -2.59. The van der Waals surface area contributed by atoms with E-state index in [-0.39, 0.29) is 6.67 Å². The minimum absolute atomic E-state index is 0.337. The van der Waals surface area contributed by atoms with Crippen molar-refractivity contribution in [2.24, 2.45) is 0 Å². The van der Waals surface area contributed by atoms with Crippen molar-refractivity contribution in [3.8, 4) is 0 Å². The minimum Gasteiger partial charge on any atom is -0.314 e. The van der Waals surface area contributed by atoms with Gasteiger partial charge in [0.15, 0.2) is 0 Å². The van der Waals surface area contributed by atoms with E-state index in [0.717, 1.165) is 37.0 Å². The van der Waals surface area contributed by atoms with Crippen molar-refractivity contribution in [2.75, 3.05) is 6.67 Å². The number of hydrogen-bond acceptors (Lipinski definition) is 0. The van der Waals surface area contributed by atoms with Gasteiger partial charge in [-0.2, -0.15) is 0 Å². The molecular formula is C20H43F3Si2. The van der Waals surface area contributed by atoms with Crippen LogP contribution in [0.5, 0.6) is 0 Å². The summed E-state index contributed by atoms with van der Waals surface area (Å²) in [5.41, 5.74) is 0. The first-order valence-corrected chi connectivity index (χ1v) is 15.5. The second-order valence-electron chi connectivity index (χ2n) is 7.80. The molecule has 0 rings (SSSR count). The number of rotatable bonds is 19. The van der Waals surface area contributed by atoms with Crippen LogP contribution in [0.15, 0.2) is 0 Å². The van der Waals surface area contributed by atoms with E-state index in [0.29, 0.717) is 25.3 Å². The Kier molecular flexibility index (Phi) is 17.8. The van der Waals surface area contributed by atoms with Crippen LogP contribution in [0.1, 0.15) is 84.5 Å². The van der Waals surface area contributed by atoms with Crippen molar-refractivity contribution in [1.82, 2.24) is 0 Å². The van der Waals surface area contributed by atoms with Crippen LogP contribution in [-0.2, 0) is 0 Å². The fourth-order valence-corrected chi connectivity index (χ4v) is 10.6. The molecule has 1 unspecified atom stereocenters. The molecule has 25 heavy (non-hydrogen) atoms. The first kappa shape index (κ1) is 25.2. The fraction of sp³-hybridized carbons (Fsp3) is 1.00. The molecule has 5 heteroatoms. The average Bonchev–Trinajstić information content (AvgIpc) is 2.60. The summed E-state index contributed by atoms with van der Waals surface area (Å²) in [6, 6.07) is 4.11. The summed E-state index contributed by atoms with van der Waals surface area (Å²) in [7, 11) is -3.08. The predicted molar refractivity (Wildman–Crippen MR) is 112 cm³/mol. The highest BCUT2D eigenvalue weighted by molar-refractivity contribution is 6.73.